The van der Waals surface area contributed by atoms with E-state index in [-0.39, 0.29) is 18.2 Å². The highest BCUT2D eigenvalue weighted by Gasteiger charge is 2.08. The first kappa shape index (κ1) is 17.2. The van der Waals surface area contributed by atoms with Gasteiger partial charge >= 0.3 is 6.09 Å². The van der Waals surface area contributed by atoms with E-state index >= 15 is 0 Å². The summed E-state index contributed by atoms with van der Waals surface area (Å²) in [5, 5.41) is 5.14. The number of Topliss-reactive ketones (excluding diaryl/α,β-unsaturated/α-hetero) is 1. The summed E-state index contributed by atoms with van der Waals surface area (Å²) in [6.07, 6.45) is -0.695. The maximum absolute atomic E-state index is 11.9. The van der Waals surface area contributed by atoms with Crippen LogP contribution in [0.2, 0.25) is 0 Å². The molecule has 0 heterocycles. The van der Waals surface area contributed by atoms with E-state index in [2.05, 4.69) is 10.6 Å². The monoisotopic (exact) mass is 327 g/mol. The summed E-state index contributed by atoms with van der Waals surface area (Å²) in [6.45, 7) is 1.30. The number of amides is 2. The number of benzene rings is 2. The summed E-state index contributed by atoms with van der Waals surface area (Å²) < 4.78 is 5.13. The molecule has 0 fully saturated rings. The van der Waals surface area contributed by atoms with E-state index in [0.29, 0.717) is 22.7 Å². The van der Waals surface area contributed by atoms with E-state index in [1.54, 1.807) is 42.5 Å². The summed E-state index contributed by atoms with van der Waals surface area (Å²) in [5.41, 5.74) is 6.75. The zero-order valence-electron chi connectivity index (χ0n) is 13.0. The molecule has 4 N–H and O–H groups in total. The minimum atomic E-state index is -0.695. The van der Waals surface area contributed by atoms with E-state index in [4.69, 9.17) is 10.5 Å². The highest BCUT2D eigenvalue weighted by molar-refractivity contribution is 5.99. The van der Waals surface area contributed by atoms with Gasteiger partial charge in [0.1, 0.15) is 5.75 Å². The zero-order valence-corrected chi connectivity index (χ0v) is 13.0. The first-order chi connectivity index (χ1) is 11.5. The van der Waals surface area contributed by atoms with Crippen molar-refractivity contribution in [2.45, 2.75) is 6.92 Å². The van der Waals surface area contributed by atoms with E-state index < -0.39 is 6.09 Å². The van der Waals surface area contributed by atoms with E-state index in [1.807, 2.05) is 0 Å². The third-order valence-corrected chi connectivity index (χ3v) is 3.00. The van der Waals surface area contributed by atoms with Crippen LogP contribution >= 0.6 is 0 Å². The Morgan fingerprint density at radius 2 is 1.71 bits per heavy atom. The van der Waals surface area contributed by atoms with Crippen molar-refractivity contribution >= 4 is 29.2 Å². The predicted octanol–water partition coefficient (Wildman–Crippen LogP) is 2.40. The Morgan fingerprint density at radius 1 is 1.00 bits per heavy atom. The maximum atomic E-state index is 11.9. The average molecular weight is 327 g/mol. The first-order valence-corrected chi connectivity index (χ1v) is 7.18. The second-order valence-corrected chi connectivity index (χ2v) is 4.93. The molecule has 0 aliphatic rings. The van der Waals surface area contributed by atoms with Crippen LogP contribution in [-0.4, -0.2) is 24.3 Å². The van der Waals surface area contributed by atoms with Crippen LogP contribution in [0.4, 0.5) is 16.2 Å². The lowest BCUT2D eigenvalue weighted by molar-refractivity contribution is -0.114. The molecule has 0 saturated heterocycles. The predicted molar refractivity (Wildman–Crippen MR) is 90.2 cm³/mol. The van der Waals surface area contributed by atoms with Gasteiger partial charge in [-0.15, -0.1) is 0 Å². The molecule has 24 heavy (non-hydrogen) atoms. The van der Waals surface area contributed by atoms with Crippen molar-refractivity contribution in [3.05, 3.63) is 54.1 Å². The van der Waals surface area contributed by atoms with E-state index in [9.17, 15) is 14.4 Å². The molecule has 2 aromatic carbocycles. The highest BCUT2D eigenvalue weighted by Crippen LogP contribution is 2.17. The number of hydrogen-bond donors (Lipinski definition) is 3. The van der Waals surface area contributed by atoms with E-state index in [0.717, 1.165) is 0 Å². The number of carbonyl (C=O) groups excluding carboxylic acids is 3. The maximum Gasteiger partial charge on any atom is 0.417 e. The molecule has 0 spiro atoms. The van der Waals surface area contributed by atoms with Crippen LogP contribution in [0.25, 0.3) is 0 Å². The van der Waals surface area contributed by atoms with Gasteiger partial charge in [0, 0.05) is 23.9 Å². The number of hydrogen-bond acceptors (Lipinski definition) is 5. The Kier molecular flexibility index (Phi) is 5.64. The van der Waals surface area contributed by atoms with Gasteiger partial charge in [0.05, 0.1) is 6.54 Å². The van der Waals surface area contributed by atoms with Crippen molar-refractivity contribution in [2.75, 3.05) is 17.2 Å². The molecule has 2 amide bonds. The Balaban J connectivity index is 1.98. The summed E-state index contributed by atoms with van der Waals surface area (Å²) in [7, 11) is 0. The fourth-order valence-corrected chi connectivity index (χ4v) is 1.95. The summed E-state index contributed by atoms with van der Waals surface area (Å²) in [5.74, 6) is -0.0929. The van der Waals surface area contributed by atoms with Gasteiger partial charge in [-0.2, -0.15) is 0 Å². The van der Waals surface area contributed by atoms with Crippen LogP contribution in [0.3, 0.4) is 0 Å². The molecule has 0 bridgehead atoms. The van der Waals surface area contributed by atoms with Crippen molar-refractivity contribution in [3.63, 3.8) is 0 Å². The second kappa shape index (κ2) is 7.89. The van der Waals surface area contributed by atoms with Gasteiger partial charge < -0.3 is 15.8 Å². The average Bonchev–Trinajstić information content (AvgIpc) is 2.55. The quantitative estimate of drug-likeness (QED) is 0.730. The molecule has 0 atom stereocenters. The Bertz CT molecular complexity index is 757. The van der Waals surface area contributed by atoms with Crippen molar-refractivity contribution in [1.29, 1.82) is 0 Å². The van der Waals surface area contributed by atoms with Crippen molar-refractivity contribution in [3.8, 4) is 5.75 Å². The lowest BCUT2D eigenvalue weighted by Crippen LogP contribution is -2.18. The van der Waals surface area contributed by atoms with Crippen molar-refractivity contribution in [2.24, 2.45) is 5.73 Å². The molecule has 2 rings (SSSR count). The first-order valence-electron chi connectivity index (χ1n) is 7.18. The van der Waals surface area contributed by atoms with Gasteiger partial charge in [0.25, 0.3) is 0 Å². The van der Waals surface area contributed by atoms with Gasteiger partial charge in [0.2, 0.25) is 5.91 Å². The number of anilines is 2. The number of ketones is 1. The molecule has 0 saturated carbocycles. The van der Waals surface area contributed by atoms with Gasteiger partial charge in [-0.1, -0.05) is 12.1 Å². The van der Waals surface area contributed by atoms with Crippen molar-refractivity contribution < 1.29 is 19.1 Å². The fourth-order valence-electron chi connectivity index (χ4n) is 1.95. The fraction of sp³-hybridized carbons (Fsp3) is 0.118. The number of carbonyl (C=O) groups is 3. The minimum absolute atomic E-state index is 0.103. The third-order valence-electron chi connectivity index (χ3n) is 3.00. The molecule has 0 radical (unpaired) electrons. The topological polar surface area (TPSA) is 111 Å². The Labute approximate surface area is 138 Å². The van der Waals surface area contributed by atoms with Crippen LogP contribution in [0.5, 0.6) is 5.75 Å². The molecule has 124 valence electrons. The summed E-state index contributed by atoms with van der Waals surface area (Å²) in [4.78, 5) is 34.4. The van der Waals surface area contributed by atoms with Gasteiger partial charge in [-0.05, 0) is 36.4 Å². The summed E-state index contributed by atoms with van der Waals surface area (Å²) in [6, 6.07) is 12.8. The standard InChI is InChI=1S/C17H17N3O4/c1-11(21)19-13-5-7-15(8-6-13)24-17(23)20-14-4-2-3-12(9-14)16(22)10-18/h2-9H,10,18H2,1H3,(H,19,21)(H,20,23). The van der Waals surface area contributed by atoms with Gasteiger partial charge in [-0.3, -0.25) is 14.9 Å². The number of nitrogens with two attached hydrogens (primary N) is 1. The number of rotatable bonds is 5. The lowest BCUT2D eigenvalue weighted by atomic mass is 10.1. The molecule has 0 aromatic heterocycles. The SMILES string of the molecule is CC(=O)Nc1ccc(OC(=O)Nc2cccc(C(=O)CN)c2)cc1. The van der Waals surface area contributed by atoms with E-state index in [1.165, 1.54) is 13.0 Å². The van der Waals surface area contributed by atoms with Gasteiger partial charge in [0.15, 0.2) is 5.78 Å². The molecule has 0 aliphatic heterocycles. The lowest BCUT2D eigenvalue weighted by Gasteiger charge is -2.08. The van der Waals surface area contributed by atoms with Crippen LogP contribution in [0.1, 0.15) is 17.3 Å². The van der Waals surface area contributed by atoms with Crippen LogP contribution in [0.15, 0.2) is 48.5 Å². The normalized spacial score (nSPS) is 9.92. The van der Waals surface area contributed by atoms with Crippen molar-refractivity contribution in [1.82, 2.24) is 0 Å². The van der Waals surface area contributed by atoms with Crippen LogP contribution in [-0.2, 0) is 4.79 Å². The third kappa shape index (κ3) is 4.92. The molecule has 2 aromatic rings. The minimum Gasteiger partial charge on any atom is -0.410 e. The second-order valence-electron chi connectivity index (χ2n) is 4.93. The Hall–Kier alpha value is -3.19. The zero-order chi connectivity index (χ0) is 17.5. The Morgan fingerprint density at radius 3 is 2.33 bits per heavy atom. The molecule has 7 heteroatoms. The molecular formula is C17H17N3O4. The number of nitrogens with one attached hydrogen (secondary N) is 2. The van der Waals surface area contributed by atoms with Gasteiger partial charge in [-0.25, -0.2) is 4.79 Å². The largest absolute Gasteiger partial charge is 0.417 e. The highest BCUT2D eigenvalue weighted by atomic mass is 16.6. The molecule has 0 unspecified atom stereocenters. The number of ether oxygens (including phenoxy) is 1. The van der Waals surface area contributed by atoms with Crippen LogP contribution < -0.4 is 21.1 Å². The molecular weight excluding hydrogens is 310 g/mol. The molecule has 0 aliphatic carbocycles. The summed E-state index contributed by atoms with van der Waals surface area (Å²) >= 11 is 0. The van der Waals surface area contributed by atoms with Crippen LogP contribution in [0, 0.1) is 0 Å². The smallest absolute Gasteiger partial charge is 0.410 e. The molecule has 7 nitrogen and oxygen atoms in total.